The predicted molar refractivity (Wildman–Crippen MR) is 228 cm³/mol. The van der Waals surface area contributed by atoms with Crippen LogP contribution in [0.2, 0.25) is 0 Å². The second-order valence-electron chi connectivity index (χ2n) is 17.0. The molecule has 6 aromatic carbocycles. The van der Waals surface area contributed by atoms with Crippen LogP contribution in [-0.4, -0.2) is 11.9 Å². The number of fused-ring (bicyclic) bond motifs is 1. The molecule has 0 unspecified atom stereocenters. The summed E-state index contributed by atoms with van der Waals surface area (Å²) in [7, 11) is 0. The van der Waals surface area contributed by atoms with E-state index in [1.54, 1.807) is 4.57 Å². The lowest BCUT2D eigenvalue weighted by molar-refractivity contribution is -0.652. The van der Waals surface area contributed by atoms with E-state index in [4.69, 9.17) is 0 Å². The molecular formula is C48H23BF27NOS. The average molecular weight is 1190 g/mol. The number of thiazole rings is 1. The van der Waals surface area contributed by atoms with Crippen LogP contribution >= 0.6 is 11.3 Å². The Balaban J connectivity index is 0.000000378. The average Bonchev–Trinajstić information content (AvgIpc) is 3.75. The van der Waals surface area contributed by atoms with E-state index in [-0.39, 0.29) is 17.9 Å². The Morgan fingerprint density at radius 2 is 0.595 bits per heavy atom. The number of alkyl halides is 27. The molecule has 0 aliphatic carbocycles. The quantitative estimate of drug-likeness (QED) is 0.0674. The van der Waals surface area contributed by atoms with Gasteiger partial charge in [-0.1, -0.05) is 84.1 Å². The van der Waals surface area contributed by atoms with E-state index in [2.05, 4.69) is 0 Å². The van der Waals surface area contributed by atoms with E-state index in [0.717, 1.165) is 22.3 Å². The van der Waals surface area contributed by atoms with Crippen molar-refractivity contribution in [1.29, 1.82) is 0 Å². The molecule has 0 fully saturated rings. The fraction of sp³-hybridized carbons (Fsp3) is 0.208. The molecule has 0 saturated carbocycles. The Kier molecular flexibility index (Phi) is 16.0. The van der Waals surface area contributed by atoms with Crippen molar-refractivity contribution in [3.8, 4) is 0 Å². The number of aromatic nitrogens is 1. The Hall–Kier alpha value is -6.95. The Morgan fingerprint density at radius 1 is 0.342 bits per heavy atom. The monoisotopic (exact) mass is 1190 g/mol. The first-order valence-corrected chi connectivity index (χ1v) is 22.0. The fourth-order valence-corrected chi connectivity index (χ4v) is 9.15. The molecule has 0 N–H and O–H groups in total. The van der Waals surface area contributed by atoms with Crippen LogP contribution in [0.1, 0.15) is 60.4 Å². The van der Waals surface area contributed by atoms with Gasteiger partial charge in [0.05, 0.1) is 50.1 Å². The normalized spacial score (nSPS) is 13.6. The molecule has 7 rings (SSSR count). The predicted octanol–water partition coefficient (Wildman–Crippen LogP) is 15.3. The Labute approximate surface area is 427 Å². The second kappa shape index (κ2) is 20.6. The number of nitrogens with zero attached hydrogens (tertiary/aromatic N) is 1. The number of ketones is 1. The van der Waals surface area contributed by atoms with E-state index in [9.17, 15) is 123 Å². The highest BCUT2D eigenvalue weighted by atomic mass is 32.1. The van der Waals surface area contributed by atoms with Crippen molar-refractivity contribution in [2.24, 2.45) is 0 Å². The lowest BCUT2D eigenvalue weighted by Gasteiger charge is -2.46. The molecular weight excluding hydrogens is 1160 g/mol. The molecule has 7 aromatic rings. The Bertz CT molecular complexity index is 2930. The van der Waals surface area contributed by atoms with Gasteiger partial charge in [0, 0.05) is 11.6 Å². The minimum atomic E-state index is -6.13. The van der Waals surface area contributed by atoms with Crippen LogP contribution < -0.4 is 26.4 Å². The number of carbonyl (C=O) groups is 1. The zero-order valence-electron chi connectivity index (χ0n) is 37.9. The number of Topliss-reactive ketones (excluding diaryl/α,β-unsaturated/α-hetero) is 1. The minimum Gasteiger partial charge on any atom is -0.287 e. The largest absolute Gasteiger partial charge is 0.416 e. The smallest absolute Gasteiger partial charge is 0.287 e. The van der Waals surface area contributed by atoms with Gasteiger partial charge >= 0.3 is 55.6 Å². The number of carbonyl (C=O) groups excluding carboxylic acids is 1. The summed E-state index contributed by atoms with van der Waals surface area (Å²) in [6.45, 7) is 0.107. The lowest BCUT2D eigenvalue weighted by atomic mass is 9.12. The molecule has 2 nitrogen and oxygen atoms in total. The second-order valence-corrected chi connectivity index (χ2v) is 17.9. The van der Waals surface area contributed by atoms with E-state index < -0.39 is 206 Å². The Morgan fingerprint density at radius 3 is 0.848 bits per heavy atom. The third-order valence-electron chi connectivity index (χ3n) is 11.8. The highest BCUT2D eigenvalue weighted by Gasteiger charge is 2.47. The molecule has 0 saturated heterocycles. The maximum atomic E-state index is 14.2. The topological polar surface area (TPSA) is 20.9 Å². The minimum absolute atomic E-state index is 0.107. The van der Waals surface area contributed by atoms with Gasteiger partial charge in [-0.3, -0.25) is 4.79 Å². The van der Waals surface area contributed by atoms with Crippen molar-refractivity contribution in [3.05, 3.63) is 182 Å². The molecule has 0 amide bonds. The molecule has 31 heteroatoms. The van der Waals surface area contributed by atoms with E-state index in [1.165, 1.54) is 23.5 Å². The molecule has 79 heavy (non-hydrogen) atoms. The maximum absolute atomic E-state index is 14.2. The molecule has 1 aromatic heterocycles. The molecule has 0 bridgehead atoms. The SMILES string of the molecule is FC(F)(F)c1cc([B-](c2cc(C(F)(F)F)cc(C(F)(F)F)c2)(c2cc(C(F)(F)F)cc(C(F)(F)F)c2)c2cc(C(F)(F)F)cc(C(F)(F)F)c2)cc(C(F)(F)F)c1.O=C(C[n+]1csc2ccccc21)c1ccc(C(F)(F)F)cc1. The van der Waals surface area contributed by atoms with Crippen molar-refractivity contribution < 1.29 is 128 Å². The van der Waals surface area contributed by atoms with Crippen LogP contribution in [-0.2, 0) is 62.1 Å². The first-order chi connectivity index (χ1) is 35.7. The zero-order valence-corrected chi connectivity index (χ0v) is 38.7. The molecule has 0 radical (unpaired) electrons. The van der Waals surface area contributed by atoms with E-state index in [1.807, 2.05) is 29.8 Å². The van der Waals surface area contributed by atoms with Gasteiger partial charge < -0.3 is 0 Å². The highest BCUT2D eigenvalue weighted by molar-refractivity contribution is 7.20. The molecule has 0 aliphatic rings. The standard InChI is InChI=1S/C32H12BF24.C16H11F3NOS/c34-25(35,36)13-1-14(26(37,38)39)6-21(5-13)33(22-7-15(27(40,41)42)2-16(8-22)28(43,44)45,23-9-17(29(46,47)48)3-18(10-23)30(49,50)51)24-11-19(31(52,53)54)4-20(12-24)32(55,56)57;17-16(18,19)12-7-5-11(6-8-12)14(21)9-20-10-22-15-4-2-1-3-13(15)20/h1-12H;1-8,10H,9H2/q-1;+1. The summed E-state index contributed by atoms with van der Waals surface area (Å²) >= 11 is 1.52. The number of rotatable bonds is 7. The molecule has 0 atom stereocenters. The van der Waals surface area contributed by atoms with Crippen molar-refractivity contribution >= 4 is 55.3 Å². The van der Waals surface area contributed by atoms with E-state index in [0.29, 0.717) is 0 Å². The molecule has 0 spiro atoms. The van der Waals surface area contributed by atoms with Crippen LogP contribution in [0.4, 0.5) is 119 Å². The van der Waals surface area contributed by atoms with Gasteiger partial charge in [-0.25, -0.2) is 0 Å². The fourth-order valence-electron chi connectivity index (χ4n) is 8.26. The summed E-state index contributed by atoms with van der Waals surface area (Å²) < 4.78 is 381. The zero-order chi connectivity index (χ0) is 59.7. The van der Waals surface area contributed by atoms with Crippen LogP contribution in [0, 0.1) is 0 Å². The first-order valence-electron chi connectivity index (χ1n) is 21.1. The van der Waals surface area contributed by atoms with Crippen molar-refractivity contribution in [2.45, 2.75) is 62.1 Å². The van der Waals surface area contributed by atoms with Gasteiger partial charge in [0.15, 0.2) is 0 Å². The lowest BCUT2D eigenvalue weighted by Crippen LogP contribution is -2.75. The summed E-state index contributed by atoms with van der Waals surface area (Å²) in [5.41, 5.74) is -27.9. The summed E-state index contributed by atoms with van der Waals surface area (Å²) in [5.74, 6) is -0.220. The number of halogens is 27. The third kappa shape index (κ3) is 13.7. The summed E-state index contributed by atoms with van der Waals surface area (Å²) in [6.07, 6.45) is -59.2. The van der Waals surface area contributed by atoms with Crippen LogP contribution in [0.15, 0.2) is 127 Å². The van der Waals surface area contributed by atoms with Gasteiger partial charge in [-0.05, 0) is 42.5 Å². The van der Waals surface area contributed by atoms with Gasteiger partial charge in [0.1, 0.15) is 10.8 Å². The van der Waals surface area contributed by atoms with Gasteiger partial charge in [-0.15, -0.1) is 0 Å². The van der Waals surface area contributed by atoms with Gasteiger partial charge in [-0.2, -0.15) is 145 Å². The van der Waals surface area contributed by atoms with Gasteiger partial charge in [0.2, 0.25) is 23.4 Å². The maximum Gasteiger partial charge on any atom is 0.416 e. The van der Waals surface area contributed by atoms with Crippen LogP contribution in [0.25, 0.3) is 10.2 Å². The first kappa shape index (κ1) is 61.3. The molecule has 1 heterocycles. The van der Waals surface area contributed by atoms with Gasteiger partial charge in [0.25, 0.3) is 0 Å². The summed E-state index contributed by atoms with van der Waals surface area (Å²) in [4.78, 5) is 12.2. The number of hydrogen-bond donors (Lipinski definition) is 0. The number of hydrogen-bond acceptors (Lipinski definition) is 2. The number of para-hydroxylation sites is 1. The molecule has 0 aliphatic heterocycles. The highest BCUT2D eigenvalue weighted by Crippen LogP contribution is 2.42. The summed E-state index contributed by atoms with van der Waals surface area (Å²) in [5, 5.41) is 0. The van der Waals surface area contributed by atoms with Crippen molar-refractivity contribution in [3.63, 3.8) is 0 Å². The number of benzene rings is 6. The third-order valence-corrected chi connectivity index (χ3v) is 12.7. The molecule has 424 valence electrons. The van der Waals surface area contributed by atoms with Crippen molar-refractivity contribution in [2.75, 3.05) is 0 Å². The van der Waals surface area contributed by atoms with E-state index >= 15 is 0 Å². The summed E-state index contributed by atoms with van der Waals surface area (Å²) in [6, 6.07) is 3.17. The van der Waals surface area contributed by atoms with Crippen LogP contribution in [0.3, 0.4) is 0 Å². The van der Waals surface area contributed by atoms with Crippen molar-refractivity contribution in [1.82, 2.24) is 0 Å². The van der Waals surface area contributed by atoms with Crippen LogP contribution in [0.5, 0.6) is 0 Å².